The summed E-state index contributed by atoms with van der Waals surface area (Å²) in [6.45, 7) is 1.05. The van der Waals surface area contributed by atoms with Gasteiger partial charge in [0.15, 0.2) is 0 Å². The second-order valence-corrected chi connectivity index (χ2v) is 3.14. The van der Waals surface area contributed by atoms with E-state index in [1.165, 1.54) is 12.2 Å². The highest BCUT2D eigenvalue weighted by molar-refractivity contribution is 7.99. The van der Waals surface area contributed by atoms with E-state index in [0.29, 0.717) is 13.1 Å². The molecule has 0 atom stereocenters. The van der Waals surface area contributed by atoms with E-state index in [1.807, 2.05) is 0 Å². The second-order valence-electron chi connectivity index (χ2n) is 1.91. The minimum Gasteiger partial charge on any atom is -0.211 e. The Balaban J connectivity index is 3.00. The van der Waals surface area contributed by atoms with Gasteiger partial charge < -0.3 is 0 Å². The lowest BCUT2D eigenvalue weighted by molar-refractivity contribution is 0.562. The van der Waals surface area contributed by atoms with Crippen molar-refractivity contribution in [3.05, 3.63) is 0 Å². The molecule has 0 aliphatic carbocycles. The van der Waals surface area contributed by atoms with Gasteiger partial charge in [-0.1, -0.05) is 0 Å². The molecule has 0 saturated heterocycles. The Morgan fingerprint density at radius 1 is 1.00 bits per heavy atom. The third kappa shape index (κ3) is 9.11. The third-order valence-electron chi connectivity index (χ3n) is 1.04. The number of hydrogen-bond acceptors (Lipinski definition) is 5. The molecule has 0 heterocycles. The van der Waals surface area contributed by atoms with Gasteiger partial charge in [0.2, 0.25) is 12.2 Å². The summed E-state index contributed by atoms with van der Waals surface area (Å²) in [5.41, 5.74) is 0. The Kier molecular flexibility index (Phi) is 9.36. The average Bonchev–Trinajstić information content (AvgIpc) is 2.10. The number of aliphatic imine (C=N–C) groups is 2. The molecule has 4 nitrogen and oxygen atoms in total. The first-order valence-electron chi connectivity index (χ1n) is 3.57. The largest absolute Gasteiger partial charge is 0.234 e. The van der Waals surface area contributed by atoms with Crippen molar-refractivity contribution < 1.29 is 9.59 Å². The van der Waals surface area contributed by atoms with Gasteiger partial charge in [-0.15, -0.1) is 0 Å². The highest BCUT2D eigenvalue weighted by Crippen LogP contribution is 2.01. The number of isocyanates is 2. The van der Waals surface area contributed by atoms with E-state index >= 15 is 0 Å². The SMILES string of the molecule is O=C=NCCCSCCN=C=O. The molecule has 0 bridgehead atoms. The van der Waals surface area contributed by atoms with Crippen LogP contribution in [0.15, 0.2) is 9.98 Å². The summed E-state index contributed by atoms with van der Waals surface area (Å²) in [6, 6.07) is 0. The molecule has 0 aliphatic heterocycles. The number of hydrogen-bond donors (Lipinski definition) is 0. The van der Waals surface area contributed by atoms with Crippen molar-refractivity contribution in [2.45, 2.75) is 6.42 Å². The van der Waals surface area contributed by atoms with Crippen LogP contribution in [0.25, 0.3) is 0 Å². The molecule has 0 radical (unpaired) electrons. The van der Waals surface area contributed by atoms with Gasteiger partial charge in [0, 0.05) is 5.75 Å². The summed E-state index contributed by atoms with van der Waals surface area (Å²) in [5, 5.41) is 0. The fourth-order valence-electron chi connectivity index (χ4n) is 0.549. The van der Waals surface area contributed by atoms with Gasteiger partial charge >= 0.3 is 0 Å². The van der Waals surface area contributed by atoms with Crippen molar-refractivity contribution >= 4 is 23.9 Å². The lowest BCUT2D eigenvalue weighted by Gasteiger charge is -1.94. The van der Waals surface area contributed by atoms with Gasteiger partial charge in [0.05, 0.1) is 13.1 Å². The quantitative estimate of drug-likeness (QED) is 0.335. The van der Waals surface area contributed by atoms with Crippen LogP contribution >= 0.6 is 11.8 Å². The molecule has 0 amide bonds. The molecule has 0 N–H and O–H groups in total. The smallest absolute Gasteiger partial charge is 0.211 e. The molecular weight excluding hydrogens is 176 g/mol. The fourth-order valence-corrected chi connectivity index (χ4v) is 1.31. The maximum Gasteiger partial charge on any atom is 0.234 e. The summed E-state index contributed by atoms with van der Waals surface area (Å²) in [4.78, 5) is 26.0. The average molecular weight is 186 g/mol. The molecule has 12 heavy (non-hydrogen) atoms. The molecule has 0 spiro atoms. The van der Waals surface area contributed by atoms with Crippen LogP contribution in [0.4, 0.5) is 0 Å². The van der Waals surface area contributed by atoms with Crippen LogP contribution in [0.5, 0.6) is 0 Å². The van der Waals surface area contributed by atoms with Crippen molar-refractivity contribution in [3.8, 4) is 0 Å². The Hall–Kier alpha value is -0.890. The normalized spacial score (nSPS) is 8.33. The number of nitrogens with zero attached hydrogens (tertiary/aromatic N) is 2. The molecule has 0 fully saturated rings. The zero-order valence-electron chi connectivity index (χ0n) is 6.65. The predicted octanol–water partition coefficient (Wildman–Crippen LogP) is 0.781. The molecule has 0 aromatic heterocycles. The summed E-state index contributed by atoms with van der Waals surface area (Å²) in [6.07, 6.45) is 3.81. The van der Waals surface area contributed by atoms with E-state index in [0.717, 1.165) is 17.9 Å². The minimum atomic E-state index is 0.519. The highest BCUT2D eigenvalue weighted by Gasteiger charge is 1.87. The van der Waals surface area contributed by atoms with Gasteiger partial charge in [-0.05, 0) is 12.2 Å². The molecule has 0 rings (SSSR count). The molecule has 0 aromatic carbocycles. The summed E-state index contributed by atoms with van der Waals surface area (Å²) in [5.74, 6) is 1.75. The molecule has 0 aliphatic rings. The first-order chi connectivity index (χ1) is 5.91. The van der Waals surface area contributed by atoms with Crippen molar-refractivity contribution in [1.82, 2.24) is 0 Å². The Morgan fingerprint density at radius 3 is 2.33 bits per heavy atom. The van der Waals surface area contributed by atoms with E-state index in [4.69, 9.17) is 0 Å². The van der Waals surface area contributed by atoms with Crippen LogP contribution in [0, 0.1) is 0 Å². The van der Waals surface area contributed by atoms with Crippen molar-refractivity contribution in [3.63, 3.8) is 0 Å². The molecule has 5 heteroatoms. The third-order valence-corrected chi connectivity index (χ3v) is 2.08. The van der Waals surface area contributed by atoms with E-state index in [-0.39, 0.29) is 0 Å². The lowest BCUT2D eigenvalue weighted by atomic mass is 10.5. The van der Waals surface area contributed by atoms with Crippen LogP contribution in [0.2, 0.25) is 0 Å². The number of rotatable bonds is 7. The van der Waals surface area contributed by atoms with Gasteiger partial charge in [0.1, 0.15) is 0 Å². The molecular formula is C7H10N2O2S. The summed E-state index contributed by atoms with van der Waals surface area (Å²) < 4.78 is 0. The second kappa shape index (κ2) is 10.1. The lowest BCUT2D eigenvalue weighted by Crippen LogP contribution is -1.89. The van der Waals surface area contributed by atoms with E-state index in [1.54, 1.807) is 11.8 Å². The van der Waals surface area contributed by atoms with Crippen molar-refractivity contribution in [2.75, 3.05) is 24.6 Å². The van der Waals surface area contributed by atoms with Crippen LogP contribution in [0.3, 0.4) is 0 Å². The maximum atomic E-state index is 9.62. The summed E-state index contributed by atoms with van der Waals surface area (Å²) in [7, 11) is 0. The van der Waals surface area contributed by atoms with Crippen molar-refractivity contribution in [1.29, 1.82) is 0 Å². The zero-order chi connectivity index (χ0) is 9.07. The Morgan fingerprint density at radius 2 is 1.67 bits per heavy atom. The Bertz CT molecular complexity index is 174. The van der Waals surface area contributed by atoms with Gasteiger partial charge in [-0.3, -0.25) is 0 Å². The zero-order valence-corrected chi connectivity index (χ0v) is 7.47. The summed E-state index contributed by atoms with van der Waals surface area (Å²) >= 11 is 1.68. The molecule has 0 unspecified atom stereocenters. The van der Waals surface area contributed by atoms with Crippen LogP contribution in [-0.4, -0.2) is 36.8 Å². The highest BCUT2D eigenvalue weighted by atomic mass is 32.2. The standard InChI is InChI=1S/C7H10N2O2S/c10-6-8-2-1-4-12-5-3-9-7-11/h1-5H2. The number of thioether (sulfide) groups is 1. The minimum absolute atomic E-state index is 0.519. The first-order valence-corrected chi connectivity index (χ1v) is 4.72. The predicted molar refractivity (Wildman–Crippen MR) is 47.9 cm³/mol. The van der Waals surface area contributed by atoms with E-state index in [2.05, 4.69) is 9.98 Å². The topological polar surface area (TPSA) is 58.9 Å². The first kappa shape index (κ1) is 11.1. The van der Waals surface area contributed by atoms with Crippen LogP contribution < -0.4 is 0 Å². The molecule has 0 aromatic rings. The van der Waals surface area contributed by atoms with E-state index in [9.17, 15) is 9.59 Å². The van der Waals surface area contributed by atoms with Gasteiger partial charge in [0.25, 0.3) is 0 Å². The maximum absolute atomic E-state index is 9.62. The van der Waals surface area contributed by atoms with Gasteiger partial charge in [-0.25, -0.2) is 19.6 Å². The molecule has 0 saturated carbocycles. The molecule has 66 valence electrons. The van der Waals surface area contributed by atoms with Gasteiger partial charge in [-0.2, -0.15) is 11.8 Å². The Labute approximate surface area is 75.2 Å². The fraction of sp³-hybridized carbons (Fsp3) is 0.714. The van der Waals surface area contributed by atoms with Crippen LogP contribution in [0.1, 0.15) is 6.42 Å². The monoisotopic (exact) mass is 186 g/mol. The van der Waals surface area contributed by atoms with Crippen LogP contribution in [-0.2, 0) is 9.59 Å². The van der Waals surface area contributed by atoms with E-state index < -0.39 is 0 Å². The number of carbonyl (C=O) groups excluding carboxylic acids is 2. The van der Waals surface area contributed by atoms with Crippen molar-refractivity contribution in [2.24, 2.45) is 9.98 Å².